The number of aromatic nitrogens is 2. The molecule has 7 aromatic carbocycles. The Morgan fingerprint density at radius 1 is 0.483 bits per heavy atom. The fourth-order valence-corrected chi connectivity index (χ4v) is 7.57. The molecule has 3 nitrogen and oxygen atoms in total. The summed E-state index contributed by atoms with van der Waals surface area (Å²) in [7, 11) is 0. The maximum atomic E-state index is 14.6. The molecule has 0 saturated heterocycles. The number of rotatable bonds is 13. The zero-order valence-corrected chi connectivity index (χ0v) is 33.7. The lowest BCUT2D eigenvalue weighted by molar-refractivity contribution is 0.930. The third-order valence-electron chi connectivity index (χ3n) is 10.6. The highest BCUT2D eigenvalue weighted by atomic mass is 16.1. The van der Waals surface area contributed by atoms with Gasteiger partial charge in [-0.2, -0.15) is 0 Å². The molecule has 0 unspecified atom stereocenters. The Kier molecular flexibility index (Phi) is 12.2. The molecule has 3 heteroatoms. The molecule has 0 aliphatic rings. The van der Waals surface area contributed by atoms with Crippen molar-refractivity contribution in [3.63, 3.8) is 0 Å². The summed E-state index contributed by atoms with van der Waals surface area (Å²) in [6, 6.07) is 62.5. The van der Waals surface area contributed by atoms with E-state index in [-0.39, 0.29) is 5.69 Å². The van der Waals surface area contributed by atoms with Crippen molar-refractivity contribution in [3.8, 4) is 44.8 Å². The highest BCUT2D eigenvalue weighted by Crippen LogP contribution is 2.31. The zero-order chi connectivity index (χ0) is 41.1. The normalized spacial score (nSPS) is 12.3. The second-order valence-electron chi connectivity index (χ2n) is 14.5. The van der Waals surface area contributed by atoms with E-state index in [4.69, 9.17) is 0 Å². The highest BCUT2D eigenvalue weighted by molar-refractivity contribution is 5.83. The van der Waals surface area contributed by atoms with E-state index in [1.807, 2.05) is 84.3 Å². The van der Waals surface area contributed by atoms with E-state index in [2.05, 4.69) is 170 Å². The lowest BCUT2D eigenvalue weighted by Crippen LogP contribution is -2.22. The largest absolute Gasteiger partial charge is 0.338 e. The Morgan fingerprint density at radius 3 is 1.58 bits per heavy atom. The second-order valence-corrected chi connectivity index (χ2v) is 14.5. The minimum atomic E-state index is -0.133. The van der Waals surface area contributed by atoms with Gasteiger partial charge in [0.05, 0.1) is 22.4 Å². The molecule has 1 heterocycles. The van der Waals surface area contributed by atoms with Crippen LogP contribution in [0, 0.1) is 0 Å². The zero-order valence-electron chi connectivity index (χ0n) is 33.7. The SMILES string of the molecule is C=C/C(=C\C=C/C/C=C/C(=C\C=C/C)c1ccccc1)c1cccc(-n2c(=O)n(-c3cccc(-c4cccc(-c5cccc(-c6ccccc6)c5)c4)c3)c3ccccc32)c1. The van der Waals surface area contributed by atoms with Crippen molar-refractivity contribution in [2.24, 2.45) is 0 Å². The molecule has 0 radical (unpaired) electrons. The minimum Gasteiger partial charge on any atom is -0.260 e. The van der Waals surface area contributed by atoms with Crippen LogP contribution >= 0.6 is 0 Å². The van der Waals surface area contributed by atoms with Gasteiger partial charge in [0.15, 0.2) is 0 Å². The lowest BCUT2D eigenvalue weighted by atomic mass is 9.96. The van der Waals surface area contributed by atoms with Gasteiger partial charge in [0, 0.05) is 0 Å². The lowest BCUT2D eigenvalue weighted by Gasteiger charge is -2.10. The maximum absolute atomic E-state index is 14.6. The van der Waals surface area contributed by atoms with Gasteiger partial charge in [-0.3, -0.25) is 9.13 Å². The fourth-order valence-electron chi connectivity index (χ4n) is 7.57. The summed E-state index contributed by atoms with van der Waals surface area (Å²) in [5.74, 6) is 0. The van der Waals surface area contributed by atoms with Gasteiger partial charge in [0.25, 0.3) is 0 Å². The monoisotopic (exact) mass is 774 g/mol. The van der Waals surface area contributed by atoms with Gasteiger partial charge in [-0.05, 0) is 118 Å². The molecule has 0 fully saturated rings. The molecule has 0 N–H and O–H groups in total. The van der Waals surface area contributed by atoms with Crippen LogP contribution in [0.2, 0.25) is 0 Å². The topological polar surface area (TPSA) is 26.9 Å². The van der Waals surface area contributed by atoms with Crippen molar-refractivity contribution in [2.75, 3.05) is 0 Å². The third-order valence-corrected chi connectivity index (χ3v) is 10.6. The van der Waals surface area contributed by atoms with Crippen LogP contribution in [0.25, 0.3) is 66.9 Å². The number of nitrogens with zero attached hydrogens (tertiary/aromatic N) is 2. The molecule has 0 amide bonds. The molecular formula is C57H46N2O. The van der Waals surface area contributed by atoms with Crippen LogP contribution in [0.1, 0.15) is 24.5 Å². The Morgan fingerprint density at radius 2 is 0.967 bits per heavy atom. The Bertz CT molecular complexity index is 2990. The van der Waals surface area contributed by atoms with Crippen molar-refractivity contribution < 1.29 is 0 Å². The van der Waals surface area contributed by atoms with Gasteiger partial charge in [-0.25, -0.2) is 4.79 Å². The van der Waals surface area contributed by atoms with Crippen LogP contribution in [0.4, 0.5) is 0 Å². The first kappa shape index (κ1) is 39.1. The maximum Gasteiger partial charge on any atom is 0.338 e. The molecular weight excluding hydrogens is 729 g/mol. The number of benzene rings is 7. The van der Waals surface area contributed by atoms with E-state index in [0.29, 0.717) is 0 Å². The first-order valence-electron chi connectivity index (χ1n) is 20.4. The summed E-state index contributed by atoms with van der Waals surface area (Å²) in [4.78, 5) is 14.6. The molecule has 0 aliphatic carbocycles. The molecule has 290 valence electrons. The minimum absolute atomic E-state index is 0.133. The summed E-state index contributed by atoms with van der Waals surface area (Å²) in [6.45, 7) is 6.14. The van der Waals surface area contributed by atoms with Gasteiger partial charge in [-0.1, -0.05) is 195 Å². The summed E-state index contributed by atoms with van der Waals surface area (Å²) in [5, 5.41) is 0. The average molecular weight is 775 g/mol. The summed E-state index contributed by atoms with van der Waals surface area (Å²) in [5.41, 5.74) is 14.2. The van der Waals surface area contributed by atoms with E-state index >= 15 is 0 Å². The predicted molar refractivity (Wildman–Crippen MR) is 255 cm³/mol. The predicted octanol–water partition coefficient (Wildman–Crippen LogP) is 14.5. The van der Waals surface area contributed by atoms with E-state index in [1.165, 1.54) is 16.7 Å². The van der Waals surface area contributed by atoms with Gasteiger partial charge in [-0.15, -0.1) is 0 Å². The van der Waals surface area contributed by atoms with Gasteiger partial charge in [0.1, 0.15) is 0 Å². The quantitative estimate of drug-likeness (QED) is 0.107. The number of imidazole rings is 1. The van der Waals surface area contributed by atoms with Crippen molar-refractivity contribution in [2.45, 2.75) is 13.3 Å². The fraction of sp³-hybridized carbons (Fsp3) is 0.0351. The molecule has 0 atom stereocenters. The molecule has 0 bridgehead atoms. The summed E-state index contributed by atoms with van der Waals surface area (Å²) in [6.07, 6.45) is 19.5. The molecule has 0 aliphatic heterocycles. The molecule has 60 heavy (non-hydrogen) atoms. The standard InChI is InChI=1S/C57H46N2O/c1-3-5-22-44(45-25-12-8-13-26-45)24-11-7-6-10-23-43(4-2)51-33-20-35-53(41-51)58-55-37-16-17-38-56(55)59(57(58)60)54-36-21-34-52(42-54)50-32-19-31-49(40-50)48-30-18-29-47(39-48)46-27-14-9-15-28-46/h3-6,8-42H,2,7H2,1H3/b5-3-,10-6-,24-11+,43-23+,44-22+. The van der Waals surface area contributed by atoms with Crippen LogP contribution in [-0.2, 0) is 0 Å². The van der Waals surface area contributed by atoms with Crippen LogP contribution < -0.4 is 5.69 Å². The number of para-hydroxylation sites is 2. The van der Waals surface area contributed by atoms with Gasteiger partial charge >= 0.3 is 5.69 Å². The van der Waals surface area contributed by atoms with E-state index in [1.54, 1.807) is 4.57 Å². The number of hydrogen-bond acceptors (Lipinski definition) is 1. The second kappa shape index (κ2) is 18.7. The summed E-state index contributed by atoms with van der Waals surface area (Å²) < 4.78 is 3.62. The van der Waals surface area contributed by atoms with Gasteiger partial charge in [0.2, 0.25) is 0 Å². The van der Waals surface area contributed by atoms with Crippen LogP contribution in [-0.4, -0.2) is 9.13 Å². The van der Waals surface area contributed by atoms with E-state index < -0.39 is 0 Å². The van der Waals surface area contributed by atoms with Gasteiger partial charge < -0.3 is 0 Å². The smallest absolute Gasteiger partial charge is 0.260 e. The van der Waals surface area contributed by atoms with Crippen molar-refractivity contribution in [3.05, 3.63) is 265 Å². The van der Waals surface area contributed by atoms with E-state index in [9.17, 15) is 4.79 Å². The Balaban J connectivity index is 1.07. The van der Waals surface area contributed by atoms with Crippen LogP contribution in [0.3, 0.4) is 0 Å². The Labute approximate surface area is 352 Å². The molecule has 0 spiro atoms. The third kappa shape index (κ3) is 8.72. The first-order chi connectivity index (χ1) is 29.6. The number of hydrogen-bond donors (Lipinski definition) is 0. The highest BCUT2D eigenvalue weighted by Gasteiger charge is 2.17. The van der Waals surface area contributed by atoms with Crippen molar-refractivity contribution >= 4 is 22.2 Å². The average Bonchev–Trinajstić information content (AvgIpc) is 3.62. The number of allylic oxidation sites excluding steroid dienone is 11. The summed E-state index contributed by atoms with van der Waals surface area (Å²) >= 11 is 0. The molecule has 8 aromatic rings. The van der Waals surface area contributed by atoms with Crippen molar-refractivity contribution in [1.29, 1.82) is 0 Å². The molecule has 1 aromatic heterocycles. The van der Waals surface area contributed by atoms with Crippen molar-refractivity contribution in [1.82, 2.24) is 9.13 Å². The number of fused-ring (bicyclic) bond motifs is 1. The molecule has 0 saturated carbocycles. The van der Waals surface area contributed by atoms with Crippen LogP contribution in [0.15, 0.2) is 248 Å². The first-order valence-corrected chi connectivity index (χ1v) is 20.4. The molecule has 8 rings (SSSR count). The van der Waals surface area contributed by atoms with Crippen LogP contribution in [0.5, 0.6) is 0 Å². The van der Waals surface area contributed by atoms with E-state index in [0.717, 1.165) is 67.8 Å². The Hall–Kier alpha value is -7.75.